The number of nitrogen functional groups attached to an aromatic ring is 1. The second kappa shape index (κ2) is 9.32. The lowest BCUT2D eigenvalue weighted by molar-refractivity contribution is -0.158. The molecule has 0 spiro atoms. The van der Waals surface area contributed by atoms with E-state index in [4.69, 9.17) is 23.1 Å². The van der Waals surface area contributed by atoms with Crippen molar-refractivity contribution in [1.29, 1.82) is 0 Å². The van der Waals surface area contributed by atoms with E-state index in [0.29, 0.717) is 35.7 Å². The first kappa shape index (κ1) is 22.5. The van der Waals surface area contributed by atoms with E-state index < -0.39 is 29.4 Å². The molecule has 1 aromatic heterocycles. The summed E-state index contributed by atoms with van der Waals surface area (Å²) in [7, 11) is 0. The molecule has 1 aromatic carbocycles. The summed E-state index contributed by atoms with van der Waals surface area (Å²) in [6.45, 7) is 0.260. The number of carbonyl (C=O) groups excluding carboxylic acids is 2. The molecule has 0 bridgehead atoms. The molecule has 1 fully saturated rings. The zero-order valence-electron chi connectivity index (χ0n) is 16.8. The normalized spacial score (nSPS) is 18.7. The van der Waals surface area contributed by atoms with Crippen LogP contribution in [-0.4, -0.2) is 45.4 Å². The van der Waals surface area contributed by atoms with E-state index in [0.717, 1.165) is 0 Å². The largest absolute Gasteiger partial charge is 0.480 e. The highest BCUT2D eigenvalue weighted by Gasteiger charge is 2.55. The molecule has 2 atom stereocenters. The van der Waals surface area contributed by atoms with Gasteiger partial charge in [0.15, 0.2) is 0 Å². The molecular formula is C21H24ClN5O4. The molecule has 1 aliphatic rings. The fraction of sp³-hybridized carbons (Fsp3) is 0.333. The monoisotopic (exact) mass is 445 g/mol. The molecule has 1 saturated heterocycles. The van der Waals surface area contributed by atoms with Gasteiger partial charge >= 0.3 is 5.97 Å². The van der Waals surface area contributed by atoms with Crippen LogP contribution in [0.15, 0.2) is 42.6 Å². The topological polar surface area (TPSA) is 152 Å². The standard InChI is InChI=1S/C21H24ClN5O4/c22-15-5-3-4-14(10-15)21(19(24)30,27-9-2-1-6-16(27)18(28)29)20(31)26-12-13-7-8-17(23)25-11-13/h3-5,7-8,10-11,16H,1-2,6,9,12H2,(H2,23,25)(H2,24,30)(H,26,31)(H,28,29)/t16-,21+/m1/s1. The number of carboxylic acids is 1. The Hall–Kier alpha value is -3.17. The average molecular weight is 446 g/mol. The lowest BCUT2D eigenvalue weighted by Gasteiger charge is -2.45. The lowest BCUT2D eigenvalue weighted by atomic mass is 9.82. The summed E-state index contributed by atoms with van der Waals surface area (Å²) < 4.78 is 0. The van der Waals surface area contributed by atoms with Crippen LogP contribution in [0, 0.1) is 0 Å². The molecule has 2 heterocycles. The third-order valence-corrected chi connectivity index (χ3v) is 5.68. The number of hydrogen-bond donors (Lipinski definition) is 4. The summed E-state index contributed by atoms with van der Waals surface area (Å²) in [5, 5.41) is 12.8. The molecule has 0 unspecified atom stereocenters. The van der Waals surface area contributed by atoms with Crippen molar-refractivity contribution in [2.24, 2.45) is 5.73 Å². The fourth-order valence-corrected chi connectivity index (χ4v) is 4.17. The van der Waals surface area contributed by atoms with Crippen molar-refractivity contribution in [3.8, 4) is 0 Å². The number of likely N-dealkylation sites (tertiary alicyclic amines) is 1. The van der Waals surface area contributed by atoms with Crippen LogP contribution < -0.4 is 16.8 Å². The quantitative estimate of drug-likeness (QED) is 0.468. The van der Waals surface area contributed by atoms with E-state index in [1.54, 1.807) is 30.3 Å². The number of primary amides is 1. The number of rotatable bonds is 7. The second-order valence-electron chi connectivity index (χ2n) is 7.40. The number of benzene rings is 1. The van der Waals surface area contributed by atoms with E-state index in [-0.39, 0.29) is 18.7 Å². The third-order valence-electron chi connectivity index (χ3n) is 5.45. The van der Waals surface area contributed by atoms with E-state index in [1.807, 2.05) is 0 Å². The zero-order chi connectivity index (χ0) is 22.6. The highest BCUT2D eigenvalue weighted by molar-refractivity contribution is 6.30. The maximum Gasteiger partial charge on any atom is 0.320 e. The predicted molar refractivity (Wildman–Crippen MR) is 115 cm³/mol. The summed E-state index contributed by atoms with van der Waals surface area (Å²) in [6, 6.07) is 8.42. The van der Waals surface area contributed by atoms with Crippen molar-refractivity contribution in [1.82, 2.24) is 15.2 Å². The number of carbonyl (C=O) groups is 3. The molecule has 9 nitrogen and oxygen atoms in total. The minimum Gasteiger partial charge on any atom is -0.480 e. The number of aromatic nitrogens is 1. The predicted octanol–water partition coefficient (Wildman–Crippen LogP) is 1.25. The van der Waals surface area contributed by atoms with Crippen LogP contribution in [0.5, 0.6) is 0 Å². The number of halogens is 1. The molecule has 0 saturated carbocycles. The summed E-state index contributed by atoms with van der Waals surface area (Å²) in [4.78, 5) is 43.9. The summed E-state index contributed by atoms with van der Waals surface area (Å²) in [6.07, 6.45) is 3.08. The van der Waals surface area contributed by atoms with Crippen LogP contribution in [-0.2, 0) is 26.5 Å². The van der Waals surface area contributed by atoms with Gasteiger partial charge in [0.05, 0.1) is 0 Å². The van der Waals surface area contributed by atoms with Gasteiger partial charge in [-0.05, 0) is 42.2 Å². The van der Waals surface area contributed by atoms with Crippen molar-refractivity contribution in [2.75, 3.05) is 12.3 Å². The lowest BCUT2D eigenvalue weighted by Crippen LogP contribution is -2.67. The summed E-state index contributed by atoms with van der Waals surface area (Å²) >= 11 is 6.15. The Bertz CT molecular complexity index is 984. The van der Waals surface area contributed by atoms with Gasteiger partial charge in [-0.1, -0.05) is 36.2 Å². The van der Waals surface area contributed by atoms with Gasteiger partial charge in [0.25, 0.3) is 11.8 Å². The highest BCUT2D eigenvalue weighted by Crippen LogP contribution is 2.36. The van der Waals surface area contributed by atoms with Gasteiger partial charge in [-0.2, -0.15) is 0 Å². The Morgan fingerprint density at radius 1 is 1.26 bits per heavy atom. The van der Waals surface area contributed by atoms with E-state index in [1.165, 1.54) is 17.2 Å². The second-order valence-corrected chi connectivity index (χ2v) is 7.84. The van der Waals surface area contributed by atoms with Gasteiger partial charge in [0.1, 0.15) is 11.9 Å². The number of nitrogens with zero attached hydrogens (tertiary/aromatic N) is 2. The van der Waals surface area contributed by atoms with E-state index >= 15 is 0 Å². The van der Waals surface area contributed by atoms with Crippen LogP contribution in [0.1, 0.15) is 30.4 Å². The third kappa shape index (κ3) is 4.47. The van der Waals surface area contributed by atoms with Gasteiger partial charge in [-0.15, -0.1) is 0 Å². The molecule has 2 aromatic rings. The van der Waals surface area contributed by atoms with E-state index in [9.17, 15) is 19.5 Å². The van der Waals surface area contributed by atoms with Crippen LogP contribution in [0.3, 0.4) is 0 Å². The molecule has 0 aliphatic carbocycles. The van der Waals surface area contributed by atoms with Crippen LogP contribution in [0.2, 0.25) is 5.02 Å². The first-order valence-corrected chi connectivity index (χ1v) is 10.2. The molecule has 0 radical (unpaired) electrons. The maximum absolute atomic E-state index is 13.6. The Morgan fingerprint density at radius 2 is 2.03 bits per heavy atom. The molecule has 10 heteroatoms. The van der Waals surface area contributed by atoms with Crippen molar-refractivity contribution >= 4 is 35.2 Å². The van der Waals surface area contributed by atoms with Crippen molar-refractivity contribution < 1.29 is 19.5 Å². The van der Waals surface area contributed by atoms with Gasteiger partial charge in [-0.25, -0.2) is 4.98 Å². The number of anilines is 1. The summed E-state index contributed by atoms with van der Waals surface area (Å²) in [5.74, 6) is -2.50. The SMILES string of the molecule is NC(=O)[C@](C(=O)NCc1ccc(N)nc1)(c1cccc(Cl)c1)N1CCCC[C@@H]1C(=O)O. The van der Waals surface area contributed by atoms with Crippen molar-refractivity contribution in [3.63, 3.8) is 0 Å². The highest BCUT2D eigenvalue weighted by atomic mass is 35.5. The first-order chi connectivity index (χ1) is 14.8. The minimum atomic E-state index is -2.05. The Kier molecular flexibility index (Phi) is 6.77. The number of piperidine rings is 1. The number of hydrogen-bond acceptors (Lipinski definition) is 6. The molecule has 6 N–H and O–H groups in total. The van der Waals surface area contributed by atoms with Crippen molar-refractivity contribution in [2.45, 2.75) is 37.4 Å². The Labute approximate surface area is 184 Å². The Morgan fingerprint density at radius 3 is 2.65 bits per heavy atom. The zero-order valence-corrected chi connectivity index (χ0v) is 17.5. The average Bonchev–Trinajstić information content (AvgIpc) is 2.74. The van der Waals surface area contributed by atoms with Crippen LogP contribution in [0.25, 0.3) is 0 Å². The molecule has 3 rings (SSSR count). The number of nitrogens with two attached hydrogens (primary N) is 2. The number of pyridine rings is 1. The van der Waals surface area contributed by atoms with Crippen LogP contribution >= 0.6 is 11.6 Å². The van der Waals surface area contributed by atoms with Crippen LogP contribution in [0.4, 0.5) is 5.82 Å². The van der Waals surface area contributed by atoms with Crippen molar-refractivity contribution in [3.05, 3.63) is 58.7 Å². The fourth-order valence-electron chi connectivity index (χ4n) is 3.98. The molecule has 164 valence electrons. The molecule has 2 amide bonds. The molecular weight excluding hydrogens is 422 g/mol. The smallest absolute Gasteiger partial charge is 0.320 e. The number of aliphatic carboxylic acids is 1. The minimum absolute atomic E-state index is 0.0489. The number of carboxylic acid groups (broad SMARTS) is 1. The van der Waals surface area contributed by atoms with Gasteiger partial charge in [0, 0.05) is 24.3 Å². The first-order valence-electron chi connectivity index (χ1n) is 9.81. The number of nitrogens with one attached hydrogen (secondary N) is 1. The maximum atomic E-state index is 13.6. The van der Waals surface area contributed by atoms with Gasteiger partial charge in [0.2, 0.25) is 5.54 Å². The van der Waals surface area contributed by atoms with Gasteiger partial charge in [-0.3, -0.25) is 19.3 Å². The molecule has 31 heavy (non-hydrogen) atoms. The van der Waals surface area contributed by atoms with E-state index in [2.05, 4.69) is 10.3 Å². The summed E-state index contributed by atoms with van der Waals surface area (Å²) in [5.41, 5.74) is 10.2. The number of amides is 2. The molecule has 1 aliphatic heterocycles. The Balaban J connectivity index is 2.07. The van der Waals surface area contributed by atoms with Gasteiger partial charge < -0.3 is 21.9 Å².